The number of anilines is 1. The average Bonchev–Trinajstić information content (AvgIpc) is 3.43. The molecule has 2 heterocycles. The molecule has 7 heteroatoms. The number of aryl methyl sites for hydroxylation is 2. The van der Waals surface area contributed by atoms with Crippen molar-refractivity contribution in [1.29, 1.82) is 0 Å². The van der Waals surface area contributed by atoms with E-state index in [9.17, 15) is 4.79 Å². The third-order valence-corrected chi connectivity index (χ3v) is 5.96. The van der Waals surface area contributed by atoms with Crippen molar-refractivity contribution < 1.29 is 13.6 Å². The molecule has 0 aliphatic carbocycles. The summed E-state index contributed by atoms with van der Waals surface area (Å²) >= 11 is 12.3. The summed E-state index contributed by atoms with van der Waals surface area (Å²) in [7, 11) is 0. The van der Waals surface area contributed by atoms with Crippen LogP contribution in [0, 0.1) is 13.8 Å². The van der Waals surface area contributed by atoms with Gasteiger partial charge in [0.05, 0.1) is 5.02 Å². The first-order valence-electron chi connectivity index (χ1n) is 10.2. The molecule has 164 valence electrons. The van der Waals surface area contributed by atoms with Gasteiger partial charge in [0.2, 0.25) is 5.89 Å². The number of oxazole rings is 1. The second-order valence-corrected chi connectivity index (χ2v) is 8.59. The molecule has 0 fully saturated rings. The zero-order valence-electron chi connectivity index (χ0n) is 17.8. The Bertz CT molecular complexity index is 1480. The first kappa shape index (κ1) is 21.3. The average molecular weight is 477 g/mol. The number of amides is 1. The minimum atomic E-state index is -0.389. The van der Waals surface area contributed by atoms with E-state index in [-0.39, 0.29) is 11.7 Å². The Morgan fingerprint density at radius 1 is 0.909 bits per heavy atom. The van der Waals surface area contributed by atoms with Gasteiger partial charge in [0.25, 0.3) is 5.91 Å². The van der Waals surface area contributed by atoms with E-state index in [1.807, 2.05) is 38.1 Å². The largest absolute Gasteiger partial charge is 0.451 e. The molecule has 3 aromatic carbocycles. The molecule has 0 saturated heterocycles. The van der Waals surface area contributed by atoms with Gasteiger partial charge in [0.15, 0.2) is 11.3 Å². The predicted octanol–water partition coefficient (Wildman–Crippen LogP) is 7.93. The topological polar surface area (TPSA) is 68.3 Å². The van der Waals surface area contributed by atoms with Crippen LogP contribution in [0.4, 0.5) is 5.69 Å². The molecule has 5 aromatic rings. The second kappa shape index (κ2) is 8.43. The second-order valence-electron chi connectivity index (χ2n) is 7.75. The Morgan fingerprint density at radius 2 is 1.73 bits per heavy atom. The summed E-state index contributed by atoms with van der Waals surface area (Å²) in [6.07, 6.45) is 0. The van der Waals surface area contributed by atoms with E-state index in [4.69, 9.17) is 32.0 Å². The van der Waals surface area contributed by atoms with Gasteiger partial charge in [-0.15, -0.1) is 0 Å². The summed E-state index contributed by atoms with van der Waals surface area (Å²) in [4.78, 5) is 17.4. The number of nitrogens with one attached hydrogen (secondary N) is 1. The molecule has 33 heavy (non-hydrogen) atoms. The molecule has 0 spiro atoms. The quantitative estimate of drug-likeness (QED) is 0.285. The van der Waals surface area contributed by atoms with E-state index < -0.39 is 0 Å². The molecule has 0 radical (unpaired) electrons. The molecule has 2 aromatic heterocycles. The Morgan fingerprint density at radius 3 is 2.58 bits per heavy atom. The van der Waals surface area contributed by atoms with Gasteiger partial charge < -0.3 is 14.2 Å². The lowest BCUT2D eigenvalue weighted by Gasteiger charge is -2.05. The number of nitrogens with zero attached hydrogens (tertiary/aromatic N) is 1. The van der Waals surface area contributed by atoms with Crippen LogP contribution in [-0.4, -0.2) is 10.9 Å². The third-order valence-electron chi connectivity index (χ3n) is 5.39. The number of rotatable bonds is 4. The number of aromatic nitrogens is 1. The number of furan rings is 1. The van der Waals surface area contributed by atoms with Crippen molar-refractivity contribution in [2.45, 2.75) is 13.8 Å². The van der Waals surface area contributed by atoms with Crippen LogP contribution in [-0.2, 0) is 0 Å². The van der Waals surface area contributed by atoms with E-state index in [1.165, 1.54) is 0 Å². The summed E-state index contributed by atoms with van der Waals surface area (Å²) in [5.74, 6) is 0.708. The van der Waals surface area contributed by atoms with E-state index in [2.05, 4.69) is 10.3 Å². The summed E-state index contributed by atoms with van der Waals surface area (Å²) in [6, 6.07) is 19.6. The molecular formula is C26H18Cl2N2O3. The fourth-order valence-electron chi connectivity index (χ4n) is 3.52. The summed E-state index contributed by atoms with van der Waals surface area (Å²) in [6.45, 7) is 4.08. The fourth-order valence-corrected chi connectivity index (χ4v) is 3.90. The number of hydrogen-bond donors (Lipinski definition) is 1. The maximum atomic E-state index is 12.8. The molecule has 0 saturated carbocycles. The van der Waals surface area contributed by atoms with Gasteiger partial charge in [0.1, 0.15) is 11.3 Å². The van der Waals surface area contributed by atoms with Crippen molar-refractivity contribution in [3.63, 3.8) is 0 Å². The molecule has 5 nitrogen and oxygen atoms in total. The number of hydrogen-bond acceptors (Lipinski definition) is 4. The predicted molar refractivity (Wildman–Crippen MR) is 131 cm³/mol. The normalized spacial score (nSPS) is 11.2. The van der Waals surface area contributed by atoms with Crippen LogP contribution in [0.15, 0.2) is 75.6 Å². The monoisotopic (exact) mass is 476 g/mol. The molecular weight excluding hydrogens is 459 g/mol. The maximum absolute atomic E-state index is 12.8. The lowest BCUT2D eigenvalue weighted by molar-refractivity contribution is 0.0997. The van der Waals surface area contributed by atoms with Crippen LogP contribution in [0.1, 0.15) is 21.7 Å². The van der Waals surface area contributed by atoms with Crippen molar-refractivity contribution in [3.05, 3.63) is 93.7 Å². The lowest BCUT2D eigenvalue weighted by atomic mass is 10.1. The highest BCUT2D eigenvalue weighted by Gasteiger charge is 2.16. The van der Waals surface area contributed by atoms with E-state index in [1.54, 1.807) is 42.5 Å². The third kappa shape index (κ3) is 4.25. The van der Waals surface area contributed by atoms with Gasteiger partial charge in [-0.25, -0.2) is 4.98 Å². The molecule has 0 aliphatic heterocycles. The van der Waals surface area contributed by atoms with Crippen LogP contribution in [0.3, 0.4) is 0 Å². The van der Waals surface area contributed by atoms with Crippen molar-refractivity contribution in [3.8, 4) is 22.8 Å². The molecule has 0 unspecified atom stereocenters. The Labute approximate surface area is 200 Å². The van der Waals surface area contributed by atoms with Gasteiger partial charge >= 0.3 is 0 Å². The Hall–Kier alpha value is -3.54. The van der Waals surface area contributed by atoms with E-state index in [0.717, 1.165) is 27.8 Å². The minimum absolute atomic E-state index is 0.152. The molecule has 5 rings (SSSR count). The highest BCUT2D eigenvalue weighted by atomic mass is 35.5. The van der Waals surface area contributed by atoms with Crippen molar-refractivity contribution >= 4 is 45.9 Å². The van der Waals surface area contributed by atoms with Crippen molar-refractivity contribution in [2.24, 2.45) is 0 Å². The standard InChI is InChI=1S/C26H18Cl2N2O3/c1-14-10-21-24(11-15(14)2)33-26(30-21)16-4-3-5-18(12-16)29-25(31)23-9-8-22(32-23)19-13-17(27)6-7-20(19)28/h3-13H,1-2H3,(H,29,31). The molecule has 1 N–H and O–H groups in total. The molecule has 0 atom stereocenters. The van der Waals surface area contributed by atoms with Crippen LogP contribution in [0.25, 0.3) is 33.9 Å². The fraction of sp³-hybridized carbons (Fsp3) is 0.0769. The van der Waals surface area contributed by atoms with E-state index >= 15 is 0 Å². The molecule has 0 aliphatic rings. The number of fused-ring (bicyclic) bond motifs is 1. The zero-order chi connectivity index (χ0) is 23.1. The summed E-state index contributed by atoms with van der Waals surface area (Å²) < 4.78 is 11.7. The zero-order valence-corrected chi connectivity index (χ0v) is 19.3. The summed E-state index contributed by atoms with van der Waals surface area (Å²) in [5, 5.41) is 3.86. The van der Waals surface area contributed by atoms with E-state index in [0.29, 0.717) is 32.9 Å². The van der Waals surface area contributed by atoms with Crippen molar-refractivity contribution in [1.82, 2.24) is 4.98 Å². The SMILES string of the molecule is Cc1cc2nc(-c3cccc(NC(=O)c4ccc(-c5cc(Cl)ccc5Cl)o4)c3)oc2cc1C. The first-order valence-corrected chi connectivity index (χ1v) is 11.0. The maximum Gasteiger partial charge on any atom is 0.291 e. The lowest BCUT2D eigenvalue weighted by Crippen LogP contribution is -2.10. The summed E-state index contributed by atoms with van der Waals surface area (Å²) in [5.41, 5.74) is 5.78. The minimum Gasteiger partial charge on any atom is -0.451 e. The smallest absolute Gasteiger partial charge is 0.291 e. The first-order chi connectivity index (χ1) is 15.9. The number of carbonyl (C=O) groups excluding carboxylic acids is 1. The number of benzene rings is 3. The highest BCUT2D eigenvalue weighted by Crippen LogP contribution is 2.32. The van der Waals surface area contributed by atoms with Gasteiger partial charge in [0, 0.05) is 21.8 Å². The highest BCUT2D eigenvalue weighted by molar-refractivity contribution is 6.35. The van der Waals surface area contributed by atoms with Gasteiger partial charge in [-0.05, 0) is 85.6 Å². The Kier molecular flexibility index (Phi) is 5.44. The van der Waals surface area contributed by atoms with Gasteiger partial charge in [-0.2, -0.15) is 0 Å². The van der Waals surface area contributed by atoms with Crippen LogP contribution < -0.4 is 5.32 Å². The Balaban J connectivity index is 1.39. The number of carbonyl (C=O) groups is 1. The van der Waals surface area contributed by atoms with Crippen molar-refractivity contribution in [2.75, 3.05) is 5.32 Å². The van der Waals surface area contributed by atoms with Gasteiger partial charge in [-0.1, -0.05) is 29.3 Å². The van der Waals surface area contributed by atoms with Gasteiger partial charge in [-0.3, -0.25) is 4.79 Å². The van der Waals surface area contributed by atoms with Crippen LogP contribution in [0.2, 0.25) is 10.0 Å². The molecule has 0 bridgehead atoms. The van der Waals surface area contributed by atoms with Crippen LogP contribution in [0.5, 0.6) is 0 Å². The molecule has 1 amide bonds. The number of halogens is 2. The van der Waals surface area contributed by atoms with Crippen LogP contribution >= 0.6 is 23.2 Å².